The number of hydrogen-bond donors (Lipinski definition) is 1. The molecule has 100 valence electrons. The van der Waals surface area contributed by atoms with Crippen LogP contribution in [-0.2, 0) is 6.54 Å². The standard InChI is InChI=1S/C14H16FN3O/c1-10(2)19-14-11(4-3-7-16-14)8-17-13-6-5-12(15)9-18-13/h3-7,9-10H,8H2,1-2H3,(H,17,18). The lowest BCUT2D eigenvalue weighted by Gasteiger charge is -2.13. The Morgan fingerprint density at radius 2 is 2.11 bits per heavy atom. The number of ether oxygens (including phenoxy) is 1. The molecule has 4 nitrogen and oxygen atoms in total. The number of anilines is 1. The van der Waals surface area contributed by atoms with Gasteiger partial charge in [-0.3, -0.25) is 0 Å². The first-order valence-corrected chi connectivity index (χ1v) is 6.11. The van der Waals surface area contributed by atoms with Gasteiger partial charge in [0.15, 0.2) is 0 Å². The van der Waals surface area contributed by atoms with Gasteiger partial charge in [0, 0.05) is 18.3 Å². The fraction of sp³-hybridized carbons (Fsp3) is 0.286. The van der Waals surface area contributed by atoms with Crippen molar-refractivity contribution in [2.45, 2.75) is 26.5 Å². The molecule has 2 rings (SSSR count). The third kappa shape index (κ3) is 3.91. The summed E-state index contributed by atoms with van der Waals surface area (Å²) in [4.78, 5) is 8.14. The molecule has 0 atom stereocenters. The third-order valence-electron chi connectivity index (χ3n) is 2.38. The minimum atomic E-state index is -0.351. The Balaban J connectivity index is 2.04. The van der Waals surface area contributed by atoms with E-state index in [9.17, 15) is 4.39 Å². The summed E-state index contributed by atoms with van der Waals surface area (Å²) in [7, 11) is 0. The second kappa shape index (κ2) is 6.13. The Hall–Kier alpha value is -2.17. The van der Waals surface area contributed by atoms with Gasteiger partial charge >= 0.3 is 0 Å². The molecule has 0 spiro atoms. The maximum atomic E-state index is 12.7. The molecule has 0 bridgehead atoms. The molecule has 0 fully saturated rings. The van der Waals surface area contributed by atoms with Crippen LogP contribution in [0.2, 0.25) is 0 Å². The van der Waals surface area contributed by atoms with Crippen molar-refractivity contribution in [2.75, 3.05) is 5.32 Å². The number of rotatable bonds is 5. The monoisotopic (exact) mass is 261 g/mol. The predicted octanol–water partition coefficient (Wildman–Crippen LogP) is 3.02. The van der Waals surface area contributed by atoms with Gasteiger partial charge in [0.05, 0.1) is 12.3 Å². The molecule has 2 aromatic heterocycles. The molecule has 0 aliphatic carbocycles. The Labute approximate surface area is 111 Å². The molecular weight excluding hydrogens is 245 g/mol. The SMILES string of the molecule is CC(C)Oc1ncccc1CNc1ccc(F)cn1. The van der Waals surface area contributed by atoms with Crippen molar-refractivity contribution < 1.29 is 9.13 Å². The molecule has 19 heavy (non-hydrogen) atoms. The summed E-state index contributed by atoms with van der Waals surface area (Å²) < 4.78 is 18.4. The number of nitrogens with zero attached hydrogens (tertiary/aromatic N) is 2. The van der Waals surface area contributed by atoms with Gasteiger partial charge in [0.2, 0.25) is 5.88 Å². The molecule has 0 unspecified atom stereocenters. The van der Waals surface area contributed by atoms with Gasteiger partial charge in [0.1, 0.15) is 11.6 Å². The highest BCUT2D eigenvalue weighted by atomic mass is 19.1. The minimum Gasteiger partial charge on any atom is -0.475 e. The lowest BCUT2D eigenvalue weighted by molar-refractivity contribution is 0.230. The van der Waals surface area contributed by atoms with Crippen LogP contribution in [0.5, 0.6) is 5.88 Å². The summed E-state index contributed by atoms with van der Waals surface area (Å²) in [5.41, 5.74) is 0.933. The molecule has 0 aromatic carbocycles. The maximum Gasteiger partial charge on any atom is 0.218 e. The molecule has 0 saturated heterocycles. The van der Waals surface area contributed by atoms with Crippen molar-refractivity contribution >= 4 is 5.82 Å². The minimum absolute atomic E-state index is 0.0672. The Kier molecular flexibility index (Phi) is 4.28. The topological polar surface area (TPSA) is 47.0 Å². The lowest BCUT2D eigenvalue weighted by Crippen LogP contribution is -2.11. The molecule has 0 saturated carbocycles. The smallest absolute Gasteiger partial charge is 0.218 e. The fourth-order valence-corrected chi connectivity index (χ4v) is 1.55. The van der Waals surface area contributed by atoms with Gasteiger partial charge in [0.25, 0.3) is 0 Å². The van der Waals surface area contributed by atoms with Gasteiger partial charge < -0.3 is 10.1 Å². The second-order valence-electron chi connectivity index (χ2n) is 4.35. The molecule has 2 heterocycles. The molecule has 2 aromatic rings. The summed E-state index contributed by atoms with van der Waals surface area (Å²) in [5.74, 6) is 0.864. The zero-order valence-electron chi connectivity index (χ0n) is 10.9. The van der Waals surface area contributed by atoms with Gasteiger partial charge in [-0.15, -0.1) is 0 Å². The van der Waals surface area contributed by atoms with Crippen molar-refractivity contribution in [3.8, 4) is 5.88 Å². The first-order chi connectivity index (χ1) is 9.15. The first-order valence-electron chi connectivity index (χ1n) is 6.11. The van der Waals surface area contributed by atoms with Gasteiger partial charge in [-0.05, 0) is 32.0 Å². The van der Waals surface area contributed by atoms with E-state index >= 15 is 0 Å². The van der Waals surface area contributed by atoms with E-state index in [0.717, 1.165) is 5.56 Å². The quantitative estimate of drug-likeness (QED) is 0.898. The Morgan fingerprint density at radius 1 is 1.26 bits per heavy atom. The molecule has 1 N–H and O–H groups in total. The van der Waals surface area contributed by atoms with E-state index in [0.29, 0.717) is 18.2 Å². The van der Waals surface area contributed by atoms with E-state index in [4.69, 9.17) is 4.74 Å². The first kappa shape index (κ1) is 13.3. The number of nitrogens with one attached hydrogen (secondary N) is 1. The van der Waals surface area contributed by atoms with Crippen LogP contribution in [0.25, 0.3) is 0 Å². The van der Waals surface area contributed by atoms with Crippen LogP contribution in [0.1, 0.15) is 19.4 Å². The van der Waals surface area contributed by atoms with Crippen LogP contribution in [0.4, 0.5) is 10.2 Å². The largest absolute Gasteiger partial charge is 0.475 e. The Bertz CT molecular complexity index is 528. The molecule has 0 aliphatic rings. The van der Waals surface area contributed by atoms with Crippen molar-refractivity contribution in [3.63, 3.8) is 0 Å². The van der Waals surface area contributed by atoms with E-state index in [1.165, 1.54) is 12.3 Å². The van der Waals surface area contributed by atoms with Crippen LogP contribution in [-0.4, -0.2) is 16.1 Å². The molecule has 0 aliphatic heterocycles. The van der Waals surface area contributed by atoms with Gasteiger partial charge in [-0.2, -0.15) is 0 Å². The molecule has 0 amide bonds. The van der Waals surface area contributed by atoms with E-state index in [2.05, 4.69) is 15.3 Å². The van der Waals surface area contributed by atoms with E-state index < -0.39 is 0 Å². The van der Waals surface area contributed by atoms with Crippen LogP contribution >= 0.6 is 0 Å². The van der Waals surface area contributed by atoms with Gasteiger partial charge in [-0.25, -0.2) is 14.4 Å². The summed E-state index contributed by atoms with van der Waals surface area (Å²) in [5, 5.41) is 3.10. The predicted molar refractivity (Wildman–Crippen MR) is 71.5 cm³/mol. The van der Waals surface area contributed by atoms with E-state index in [-0.39, 0.29) is 11.9 Å². The third-order valence-corrected chi connectivity index (χ3v) is 2.38. The summed E-state index contributed by atoms with van der Waals surface area (Å²) in [6.07, 6.45) is 2.94. The number of aromatic nitrogens is 2. The second-order valence-corrected chi connectivity index (χ2v) is 4.35. The highest BCUT2D eigenvalue weighted by Gasteiger charge is 2.06. The number of hydrogen-bond acceptors (Lipinski definition) is 4. The van der Waals surface area contributed by atoms with E-state index in [1.807, 2.05) is 26.0 Å². The van der Waals surface area contributed by atoms with Crippen LogP contribution in [0.15, 0.2) is 36.7 Å². The average Bonchev–Trinajstić information content (AvgIpc) is 2.39. The number of pyridine rings is 2. The molecule has 0 radical (unpaired) electrons. The lowest BCUT2D eigenvalue weighted by atomic mass is 10.2. The fourth-order valence-electron chi connectivity index (χ4n) is 1.55. The van der Waals surface area contributed by atoms with Crippen molar-refractivity contribution in [3.05, 3.63) is 48.0 Å². The zero-order chi connectivity index (χ0) is 13.7. The van der Waals surface area contributed by atoms with Crippen molar-refractivity contribution in [1.29, 1.82) is 0 Å². The van der Waals surface area contributed by atoms with Crippen LogP contribution in [0.3, 0.4) is 0 Å². The Morgan fingerprint density at radius 3 is 2.79 bits per heavy atom. The van der Waals surface area contributed by atoms with Crippen molar-refractivity contribution in [2.24, 2.45) is 0 Å². The van der Waals surface area contributed by atoms with Crippen molar-refractivity contribution in [1.82, 2.24) is 9.97 Å². The molecule has 5 heteroatoms. The summed E-state index contributed by atoms with van der Waals surface area (Å²) in [6.45, 7) is 4.43. The normalized spacial score (nSPS) is 10.5. The zero-order valence-corrected chi connectivity index (χ0v) is 10.9. The van der Waals surface area contributed by atoms with Crippen LogP contribution in [0, 0.1) is 5.82 Å². The maximum absolute atomic E-state index is 12.7. The van der Waals surface area contributed by atoms with E-state index in [1.54, 1.807) is 12.3 Å². The molecular formula is C14H16FN3O. The average molecular weight is 261 g/mol. The van der Waals surface area contributed by atoms with Crippen LogP contribution < -0.4 is 10.1 Å². The highest BCUT2D eigenvalue weighted by Crippen LogP contribution is 2.17. The number of halogens is 1. The summed E-state index contributed by atoms with van der Waals surface area (Å²) in [6, 6.07) is 6.74. The summed E-state index contributed by atoms with van der Waals surface area (Å²) >= 11 is 0. The van der Waals surface area contributed by atoms with Gasteiger partial charge in [-0.1, -0.05) is 6.07 Å². The highest BCUT2D eigenvalue weighted by molar-refractivity contribution is 5.37.